The number of hydrogen-bond donors (Lipinski definition) is 0. The van der Waals surface area contributed by atoms with Crippen LogP contribution in [0.5, 0.6) is 5.75 Å². The number of alkyl halides is 3. The lowest BCUT2D eigenvalue weighted by Crippen LogP contribution is -2.50. The summed E-state index contributed by atoms with van der Waals surface area (Å²) in [6.45, 7) is 13.9. The summed E-state index contributed by atoms with van der Waals surface area (Å²) < 4.78 is 48.6. The quantitative estimate of drug-likeness (QED) is 0.625. The highest BCUT2D eigenvalue weighted by Crippen LogP contribution is 2.31. The van der Waals surface area contributed by atoms with E-state index in [1.807, 2.05) is 47.6 Å². The van der Waals surface area contributed by atoms with Gasteiger partial charge in [0.2, 0.25) is 0 Å². The maximum absolute atomic E-state index is 12.5. The van der Waals surface area contributed by atoms with Crippen LogP contribution in [-0.4, -0.2) is 58.9 Å². The van der Waals surface area contributed by atoms with Gasteiger partial charge in [0.05, 0.1) is 11.4 Å². The smallest absolute Gasteiger partial charge is 0.444 e. The number of ether oxygens (including phenoxy) is 2. The van der Waals surface area contributed by atoms with Gasteiger partial charge in [0.15, 0.2) is 5.82 Å². The summed E-state index contributed by atoms with van der Waals surface area (Å²) in [4.78, 5) is 16.1. The van der Waals surface area contributed by atoms with Crippen molar-refractivity contribution < 1.29 is 27.4 Å². The van der Waals surface area contributed by atoms with Crippen LogP contribution < -0.4 is 9.64 Å². The summed E-state index contributed by atoms with van der Waals surface area (Å²) in [5.74, 6) is 0.466. The number of amides is 1. The number of halogens is 3. The van der Waals surface area contributed by atoms with Gasteiger partial charge in [-0.25, -0.2) is 9.48 Å². The zero-order valence-corrected chi connectivity index (χ0v) is 19.9. The summed E-state index contributed by atoms with van der Waals surface area (Å²) in [5, 5.41) is 4.75. The number of aromatic nitrogens is 2. The Kier molecular flexibility index (Phi) is 6.59. The normalized spacial score (nSPS) is 15.5. The average Bonchev–Trinajstić information content (AvgIpc) is 3.12. The molecule has 0 unspecified atom stereocenters. The third-order valence-corrected chi connectivity index (χ3v) is 5.04. The number of nitrogens with zero attached hydrogens (tertiary/aromatic N) is 4. The number of hydrogen-bond acceptors (Lipinski definition) is 5. The zero-order valence-electron chi connectivity index (χ0n) is 19.9. The Hall–Kier alpha value is -2.91. The molecule has 1 amide bonds. The highest BCUT2D eigenvalue weighted by molar-refractivity contribution is 5.68. The lowest BCUT2D eigenvalue weighted by molar-refractivity contribution is -0.274. The first-order chi connectivity index (χ1) is 15.1. The van der Waals surface area contributed by atoms with E-state index < -0.39 is 12.0 Å². The van der Waals surface area contributed by atoms with Crippen LogP contribution >= 0.6 is 0 Å². The van der Waals surface area contributed by atoms with Gasteiger partial charge in [-0.2, -0.15) is 0 Å². The van der Waals surface area contributed by atoms with Crippen molar-refractivity contribution >= 4 is 11.9 Å². The van der Waals surface area contributed by atoms with Gasteiger partial charge in [-0.1, -0.05) is 20.8 Å². The molecule has 0 N–H and O–H groups in total. The van der Waals surface area contributed by atoms with E-state index in [4.69, 9.17) is 9.84 Å². The van der Waals surface area contributed by atoms with Gasteiger partial charge < -0.3 is 19.3 Å². The fourth-order valence-electron chi connectivity index (χ4n) is 3.49. The summed E-state index contributed by atoms with van der Waals surface area (Å²) in [5.41, 5.74) is 0.740. The van der Waals surface area contributed by atoms with Crippen LogP contribution in [0.15, 0.2) is 30.3 Å². The van der Waals surface area contributed by atoms with Crippen LogP contribution in [0.3, 0.4) is 0 Å². The van der Waals surface area contributed by atoms with Crippen LogP contribution in [0.4, 0.5) is 23.8 Å². The van der Waals surface area contributed by atoms with Gasteiger partial charge in [0, 0.05) is 37.7 Å². The monoisotopic (exact) mass is 468 g/mol. The van der Waals surface area contributed by atoms with E-state index in [0.29, 0.717) is 31.9 Å². The Morgan fingerprint density at radius 3 is 2.00 bits per heavy atom. The lowest BCUT2D eigenvalue weighted by atomic mass is 9.92. The van der Waals surface area contributed by atoms with Crippen LogP contribution in [0.1, 0.15) is 47.2 Å². The van der Waals surface area contributed by atoms with Crippen LogP contribution in [-0.2, 0) is 10.2 Å². The first-order valence-corrected chi connectivity index (χ1v) is 10.8. The molecule has 0 atom stereocenters. The van der Waals surface area contributed by atoms with Crippen LogP contribution in [0.25, 0.3) is 5.69 Å². The molecule has 10 heteroatoms. The van der Waals surface area contributed by atoms with Crippen molar-refractivity contribution in [1.29, 1.82) is 0 Å². The van der Waals surface area contributed by atoms with Crippen molar-refractivity contribution in [3.63, 3.8) is 0 Å². The zero-order chi connectivity index (χ0) is 24.6. The third-order valence-electron chi connectivity index (χ3n) is 5.04. The molecular formula is C23H31F3N4O3. The molecule has 1 aromatic heterocycles. The molecule has 2 aromatic rings. The van der Waals surface area contributed by atoms with E-state index in [2.05, 4.69) is 9.64 Å². The second-order valence-corrected chi connectivity index (χ2v) is 10.0. The molecule has 2 heterocycles. The molecule has 7 nitrogen and oxygen atoms in total. The molecule has 33 heavy (non-hydrogen) atoms. The van der Waals surface area contributed by atoms with Crippen molar-refractivity contribution in [2.75, 3.05) is 31.1 Å². The summed E-state index contributed by atoms with van der Waals surface area (Å²) in [7, 11) is 0. The topological polar surface area (TPSA) is 59.8 Å². The first-order valence-electron chi connectivity index (χ1n) is 10.8. The predicted molar refractivity (Wildman–Crippen MR) is 119 cm³/mol. The standard InChI is InChI=1S/C23H31F3N4O3/c1-21(2,3)18-15-19(28-11-13-29(14-12-28)20(31)33-22(4,5)6)27-30(18)16-7-9-17(10-8-16)32-23(24,25)26/h7-10,15H,11-14H2,1-6H3. The Morgan fingerprint density at radius 1 is 0.939 bits per heavy atom. The molecule has 182 valence electrons. The van der Waals surface area contributed by atoms with Crippen LogP contribution in [0, 0.1) is 0 Å². The molecule has 3 rings (SSSR count). The summed E-state index contributed by atoms with van der Waals surface area (Å²) in [6.07, 6.45) is -5.07. The van der Waals surface area contributed by atoms with E-state index in [1.54, 1.807) is 21.7 Å². The average molecular weight is 469 g/mol. The molecule has 1 fully saturated rings. The fraction of sp³-hybridized carbons (Fsp3) is 0.565. The Balaban J connectivity index is 1.79. The molecule has 0 spiro atoms. The maximum atomic E-state index is 12.5. The van der Waals surface area contributed by atoms with Gasteiger partial charge in [-0.15, -0.1) is 18.3 Å². The molecule has 1 aliphatic heterocycles. The van der Waals surface area contributed by atoms with Crippen molar-refractivity contribution in [1.82, 2.24) is 14.7 Å². The van der Waals surface area contributed by atoms with E-state index in [-0.39, 0.29) is 17.3 Å². The van der Waals surface area contributed by atoms with Gasteiger partial charge in [-0.3, -0.25) is 0 Å². The molecular weight excluding hydrogens is 437 g/mol. The number of carbonyl (C=O) groups is 1. The van der Waals surface area contributed by atoms with Gasteiger partial charge >= 0.3 is 12.5 Å². The van der Waals surface area contributed by atoms with E-state index in [9.17, 15) is 18.0 Å². The number of piperazine rings is 1. The number of rotatable bonds is 3. The molecule has 0 radical (unpaired) electrons. The van der Waals surface area contributed by atoms with Crippen molar-refractivity contribution in [3.05, 3.63) is 36.0 Å². The third kappa shape index (κ3) is 6.55. The Bertz CT molecular complexity index is 965. The minimum Gasteiger partial charge on any atom is -0.444 e. The maximum Gasteiger partial charge on any atom is 0.573 e. The minimum absolute atomic E-state index is 0.259. The first kappa shape index (κ1) is 24.7. The van der Waals surface area contributed by atoms with Gasteiger partial charge in [0.1, 0.15) is 11.4 Å². The van der Waals surface area contributed by atoms with E-state index in [0.717, 1.165) is 11.5 Å². The molecule has 0 saturated carbocycles. The summed E-state index contributed by atoms with van der Waals surface area (Å²) >= 11 is 0. The number of benzene rings is 1. The molecule has 1 saturated heterocycles. The number of carbonyl (C=O) groups excluding carboxylic acids is 1. The van der Waals surface area contributed by atoms with Crippen molar-refractivity contribution in [2.24, 2.45) is 0 Å². The SMILES string of the molecule is CC(C)(C)OC(=O)N1CCN(c2cc(C(C)(C)C)n(-c3ccc(OC(F)(F)F)cc3)n2)CC1. The van der Waals surface area contributed by atoms with Gasteiger partial charge in [-0.05, 0) is 45.0 Å². The lowest BCUT2D eigenvalue weighted by Gasteiger charge is -2.35. The van der Waals surface area contributed by atoms with E-state index >= 15 is 0 Å². The van der Waals surface area contributed by atoms with Gasteiger partial charge in [0.25, 0.3) is 0 Å². The Morgan fingerprint density at radius 2 is 1.52 bits per heavy atom. The van der Waals surface area contributed by atoms with Crippen molar-refractivity contribution in [2.45, 2.75) is 58.9 Å². The predicted octanol–water partition coefficient (Wildman–Crippen LogP) is 5.13. The summed E-state index contributed by atoms with van der Waals surface area (Å²) in [6, 6.07) is 7.64. The van der Waals surface area contributed by atoms with Crippen LogP contribution in [0.2, 0.25) is 0 Å². The fourth-order valence-corrected chi connectivity index (χ4v) is 3.49. The molecule has 1 aliphatic rings. The molecule has 0 aliphatic carbocycles. The van der Waals surface area contributed by atoms with Crippen molar-refractivity contribution in [3.8, 4) is 11.4 Å². The van der Waals surface area contributed by atoms with E-state index in [1.165, 1.54) is 12.1 Å². The second kappa shape index (κ2) is 8.79. The molecule has 1 aromatic carbocycles. The highest BCUT2D eigenvalue weighted by atomic mass is 19.4. The molecule has 0 bridgehead atoms. The minimum atomic E-state index is -4.74. The highest BCUT2D eigenvalue weighted by Gasteiger charge is 2.31. The second-order valence-electron chi connectivity index (χ2n) is 10.0. The number of anilines is 1. The Labute approximate surface area is 192 Å². The largest absolute Gasteiger partial charge is 0.573 e.